The van der Waals surface area contributed by atoms with Crippen LogP contribution in [0.15, 0.2) is 23.8 Å². The smallest absolute Gasteiger partial charge is 0.190 e. The van der Waals surface area contributed by atoms with E-state index in [0.717, 1.165) is 25.7 Å². The monoisotopic (exact) mass is 342 g/mol. The number of hydrogen-bond acceptors (Lipinski definition) is 4. The number of aliphatic hydroxyl groups excluding tert-OH is 1. The van der Waals surface area contributed by atoms with Crippen LogP contribution in [0.2, 0.25) is 0 Å². The normalized spacial score (nSPS) is 53.8. The van der Waals surface area contributed by atoms with Crippen molar-refractivity contribution in [1.29, 1.82) is 0 Å². The molecule has 4 aliphatic carbocycles. The first-order valence-corrected chi connectivity index (χ1v) is 9.61. The lowest BCUT2D eigenvalue weighted by Gasteiger charge is -2.61. The molecule has 0 bridgehead atoms. The first-order chi connectivity index (χ1) is 11.8. The summed E-state index contributed by atoms with van der Waals surface area (Å²) in [6.45, 7) is 4.59. The zero-order chi connectivity index (χ0) is 17.6. The quantitative estimate of drug-likeness (QED) is 0.735. The van der Waals surface area contributed by atoms with Crippen molar-refractivity contribution in [3.05, 3.63) is 23.8 Å². The molecule has 5 rings (SSSR count). The van der Waals surface area contributed by atoms with Gasteiger partial charge in [-0.1, -0.05) is 25.5 Å². The molecule has 25 heavy (non-hydrogen) atoms. The minimum atomic E-state index is -0.640. The summed E-state index contributed by atoms with van der Waals surface area (Å²) in [5, 5.41) is 11.2. The fraction of sp³-hybridized carbons (Fsp3) is 0.714. The van der Waals surface area contributed by atoms with Gasteiger partial charge in [0.1, 0.15) is 12.2 Å². The van der Waals surface area contributed by atoms with Crippen LogP contribution >= 0.6 is 0 Å². The van der Waals surface area contributed by atoms with Crippen molar-refractivity contribution >= 4 is 11.6 Å². The zero-order valence-electron chi connectivity index (χ0n) is 15.0. The van der Waals surface area contributed by atoms with E-state index in [1.54, 1.807) is 12.2 Å². The highest BCUT2D eigenvalue weighted by molar-refractivity contribution is 6.01. The van der Waals surface area contributed by atoms with E-state index in [9.17, 15) is 14.7 Å². The maximum Gasteiger partial charge on any atom is 0.190 e. The van der Waals surface area contributed by atoms with E-state index in [2.05, 4.69) is 13.8 Å². The molecule has 5 aliphatic rings. The molecule has 1 saturated heterocycles. The van der Waals surface area contributed by atoms with Gasteiger partial charge in [0.05, 0.1) is 6.10 Å². The Morgan fingerprint density at radius 3 is 2.72 bits per heavy atom. The lowest BCUT2D eigenvalue weighted by atomic mass is 9.46. The zero-order valence-corrected chi connectivity index (χ0v) is 15.0. The van der Waals surface area contributed by atoms with Crippen LogP contribution < -0.4 is 0 Å². The van der Waals surface area contributed by atoms with Crippen LogP contribution in [0.5, 0.6) is 0 Å². The molecule has 1 N–H and O–H groups in total. The first kappa shape index (κ1) is 16.0. The Labute approximate surface area is 148 Å². The average Bonchev–Trinajstić information content (AvgIpc) is 2.88. The molecule has 0 amide bonds. The predicted octanol–water partition coefficient (Wildman–Crippen LogP) is 2.60. The summed E-state index contributed by atoms with van der Waals surface area (Å²) in [5.74, 6) is 1.21. The second-order valence-electron chi connectivity index (χ2n) is 9.29. The molecule has 134 valence electrons. The Balaban J connectivity index is 1.56. The van der Waals surface area contributed by atoms with Crippen molar-refractivity contribution in [1.82, 2.24) is 0 Å². The summed E-state index contributed by atoms with van der Waals surface area (Å²) in [6, 6.07) is 0. The van der Waals surface area contributed by atoms with Gasteiger partial charge in [-0.25, -0.2) is 0 Å². The summed E-state index contributed by atoms with van der Waals surface area (Å²) < 4.78 is 5.91. The molecule has 0 unspecified atom stereocenters. The molecule has 4 fully saturated rings. The maximum atomic E-state index is 12.4. The van der Waals surface area contributed by atoms with Gasteiger partial charge >= 0.3 is 0 Å². The van der Waals surface area contributed by atoms with Crippen LogP contribution in [0.3, 0.4) is 0 Å². The van der Waals surface area contributed by atoms with Gasteiger partial charge in [-0.2, -0.15) is 0 Å². The minimum Gasteiger partial charge on any atom is -0.393 e. The number of allylic oxidation sites excluding steroid dienone is 4. The van der Waals surface area contributed by atoms with Gasteiger partial charge in [0.15, 0.2) is 11.6 Å². The molecule has 4 nitrogen and oxygen atoms in total. The van der Waals surface area contributed by atoms with E-state index in [4.69, 9.17) is 4.74 Å². The Morgan fingerprint density at radius 2 is 2.04 bits per heavy atom. The minimum absolute atomic E-state index is 0.0642. The van der Waals surface area contributed by atoms with E-state index in [0.29, 0.717) is 18.3 Å². The first-order valence-electron chi connectivity index (χ1n) is 9.61. The van der Waals surface area contributed by atoms with Crippen molar-refractivity contribution in [2.75, 3.05) is 6.61 Å². The highest BCUT2D eigenvalue weighted by atomic mass is 16.5. The standard InChI is InChI=1S/C21H26O4/c1-19-7-5-13(22)9-12(19)3-4-14-15-6-8-21(17(24)11-25-21)20(15,2)10-16(23)18(14)19/h5,7,9,14-16,18,23H,3-4,6,8,10-11H2,1-2H3/t14-,15-,16+,18+,19-,20+,21-/m0/s1. The van der Waals surface area contributed by atoms with Gasteiger partial charge < -0.3 is 9.84 Å². The summed E-state index contributed by atoms with van der Waals surface area (Å²) >= 11 is 0. The molecular weight excluding hydrogens is 316 g/mol. The van der Waals surface area contributed by atoms with Crippen LogP contribution in [-0.2, 0) is 14.3 Å². The van der Waals surface area contributed by atoms with Crippen molar-refractivity contribution in [2.24, 2.45) is 28.6 Å². The largest absolute Gasteiger partial charge is 0.393 e. The van der Waals surface area contributed by atoms with Crippen molar-refractivity contribution < 1.29 is 19.4 Å². The highest BCUT2D eigenvalue weighted by Gasteiger charge is 2.71. The fourth-order valence-corrected chi connectivity index (χ4v) is 7.31. The van der Waals surface area contributed by atoms with Gasteiger partial charge in [-0.3, -0.25) is 9.59 Å². The topological polar surface area (TPSA) is 63.6 Å². The van der Waals surface area contributed by atoms with E-state index < -0.39 is 11.7 Å². The number of rotatable bonds is 0. The third-order valence-corrected chi connectivity index (χ3v) is 8.52. The van der Waals surface area contributed by atoms with E-state index in [-0.39, 0.29) is 34.9 Å². The molecule has 4 heteroatoms. The number of Topliss-reactive ketones (excluding diaryl/α,β-unsaturated/α-hetero) is 1. The van der Waals surface area contributed by atoms with Crippen molar-refractivity contribution in [3.63, 3.8) is 0 Å². The highest BCUT2D eigenvalue weighted by Crippen LogP contribution is 2.68. The van der Waals surface area contributed by atoms with Gasteiger partial charge in [0.25, 0.3) is 0 Å². The maximum absolute atomic E-state index is 12.4. The summed E-state index contributed by atoms with van der Waals surface area (Å²) in [7, 11) is 0. The number of carbonyl (C=O) groups excluding carboxylic acids is 2. The Morgan fingerprint density at radius 1 is 1.24 bits per heavy atom. The number of aliphatic hydroxyl groups is 1. The van der Waals surface area contributed by atoms with E-state index in [1.165, 1.54) is 5.57 Å². The van der Waals surface area contributed by atoms with Gasteiger partial charge in [-0.15, -0.1) is 0 Å². The van der Waals surface area contributed by atoms with Crippen molar-refractivity contribution in [3.8, 4) is 0 Å². The predicted molar refractivity (Wildman–Crippen MR) is 91.7 cm³/mol. The Hall–Kier alpha value is -1.26. The third-order valence-electron chi connectivity index (χ3n) is 8.52. The molecule has 0 aromatic heterocycles. The van der Waals surface area contributed by atoms with Gasteiger partial charge in [-0.05, 0) is 56.1 Å². The molecule has 7 atom stereocenters. The average molecular weight is 342 g/mol. The van der Waals surface area contributed by atoms with E-state index >= 15 is 0 Å². The van der Waals surface area contributed by atoms with Gasteiger partial charge in [0.2, 0.25) is 0 Å². The van der Waals surface area contributed by atoms with Crippen molar-refractivity contribution in [2.45, 2.75) is 57.7 Å². The Bertz CT molecular complexity index is 736. The second kappa shape index (κ2) is 4.72. The summed E-state index contributed by atoms with van der Waals surface area (Å²) in [5.41, 5.74) is 0.0403. The molecule has 1 heterocycles. The second-order valence-corrected chi connectivity index (χ2v) is 9.29. The number of ketones is 2. The Kier molecular flexibility index (Phi) is 3.01. The van der Waals surface area contributed by atoms with Crippen LogP contribution in [0.1, 0.15) is 46.0 Å². The number of fused-ring (bicyclic) bond motifs is 6. The van der Waals surface area contributed by atoms with E-state index in [1.807, 2.05) is 6.08 Å². The van der Waals surface area contributed by atoms with Gasteiger partial charge in [0, 0.05) is 16.7 Å². The molecule has 1 aliphatic heterocycles. The number of carbonyl (C=O) groups is 2. The summed E-state index contributed by atoms with van der Waals surface area (Å²) in [6.07, 6.45) is 9.35. The van der Waals surface area contributed by atoms with Crippen LogP contribution in [0.4, 0.5) is 0 Å². The molecule has 1 spiro atoms. The SMILES string of the molecule is C[C@]12C=CC(=O)C=C1CC[C@@H]1[C@@H]2[C@H](O)C[C@]2(C)[C@H]1CC[C@@]21OCC1=O. The number of ether oxygens (including phenoxy) is 1. The summed E-state index contributed by atoms with van der Waals surface area (Å²) in [4.78, 5) is 24.3. The lowest BCUT2D eigenvalue weighted by Crippen LogP contribution is -2.67. The van der Waals surface area contributed by atoms with Crippen LogP contribution in [0.25, 0.3) is 0 Å². The molecule has 0 aromatic rings. The molecule has 0 aromatic carbocycles. The molecular formula is C21H26O4. The molecule has 3 saturated carbocycles. The fourth-order valence-electron chi connectivity index (χ4n) is 7.31. The number of hydrogen-bond donors (Lipinski definition) is 1. The lowest BCUT2D eigenvalue weighted by molar-refractivity contribution is -0.224. The molecule has 0 radical (unpaired) electrons. The third kappa shape index (κ3) is 1.71. The van der Waals surface area contributed by atoms with Crippen LogP contribution in [-0.4, -0.2) is 35.0 Å². The van der Waals surface area contributed by atoms with Crippen LogP contribution in [0, 0.1) is 28.6 Å².